The molecule has 1 saturated heterocycles. The van der Waals surface area contributed by atoms with E-state index in [9.17, 15) is 4.79 Å². The van der Waals surface area contributed by atoms with Crippen molar-refractivity contribution in [3.63, 3.8) is 0 Å². The van der Waals surface area contributed by atoms with Crippen molar-refractivity contribution in [3.8, 4) is 0 Å². The van der Waals surface area contributed by atoms with Gasteiger partial charge in [-0.15, -0.1) is 0 Å². The summed E-state index contributed by atoms with van der Waals surface area (Å²) in [5.74, 6) is -0.318. The molecule has 142 valence electrons. The molecule has 1 N–H and O–H groups in total. The van der Waals surface area contributed by atoms with Gasteiger partial charge in [-0.3, -0.25) is 5.01 Å². The zero-order chi connectivity index (χ0) is 19.2. The summed E-state index contributed by atoms with van der Waals surface area (Å²) in [6, 6.07) is 14.0. The molecular formula is C22H28N3O2+. The van der Waals surface area contributed by atoms with Crippen molar-refractivity contribution in [3.05, 3.63) is 70.3 Å². The minimum atomic E-state index is -0.318. The van der Waals surface area contributed by atoms with Gasteiger partial charge >= 0.3 is 5.97 Å². The number of piperazine rings is 1. The molecule has 1 aliphatic rings. The third-order valence-electron chi connectivity index (χ3n) is 5.09. The second-order valence-corrected chi connectivity index (χ2v) is 7.17. The number of methoxy groups -OCH3 is 1. The van der Waals surface area contributed by atoms with Crippen molar-refractivity contribution in [2.45, 2.75) is 20.4 Å². The quantitative estimate of drug-likeness (QED) is 0.649. The maximum atomic E-state index is 11.5. The van der Waals surface area contributed by atoms with Crippen LogP contribution in [0.25, 0.3) is 0 Å². The van der Waals surface area contributed by atoms with Crippen LogP contribution < -0.4 is 4.90 Å². The van der Waals surface area contributed by atoms with Crippen LogP contribution in [0.15, 0.2) is 47.6 Å². The SMILES string of the molecule is COC(=O)c1ccc(C=NN2CC[NH+](Cc3ccc(C)cc3C)CC2)cc1. The predicted molar refractivity (Wildman–Crippen MR) is 107 cm³/mol. The molecule has 0 bridgehead atoms. The minimum absolute atomic E-state index is 0.318. The number of hydrazone groups is 1. The lowest BCUT2D eigenvalue weighted by molar-refractivity contribution is -0.918. The van der Waals surface area contributed by atoms with E-state index in [-0.39, 0.29) is 5.97 Å². The van der Waals surface area contributed by atoms with Crippen LogP contribution in [-0.4, -0.2) is 50.5 Å². The predicted octanol–water partition coefficient (Wildman–Crippen LogP) is 1.82. The number of ether oxygens (including phenoxy) is 1. The largest absolute Gasteiger partial charge is 0.465 e. The van der Waals surface area contributed by atoms with Gasteiger partial charge in [-0.05, 0) is 37.1 Å². The summed E-state index contributed by atoms with van der Waals surface area (Å²) in [5.41, 5.74) is 5.69. The summed E-state index contributed by atoms with van der Waals surface area (Å²) >= 11 is 0. The van der Waals surface area contributed by atoms with Crippen molar-refractivity contribution < 1.29 is 14.4 Å². The van der Waals surface area contributed by atoms with Crippen LogP contribution in [0, 0.1) is 13.8 Å². The second-order valence-electron chi connectivity index (χ2n) is 7.17. The Balaban J connectivity index is 1.50. The zero-order valence-corrected chi connectivity index (χ0v) is 16.4. The van der Waals surface area contributed by atoms with Gasteiger partial charge in [0, 0.05) is 5.56 Å². The van der Waals surface area contributed by atoms with Gasteiger partial charge in [-0.2, -0.15) is 5.10 Å². The van der Waals surface area contributed by atoms with E-state index < -0.39 is 0 Å². The summed E-state index contributed by atoms with van der Waals surface area (Å²) < 4.78 is 4.71. The summed E-state index contributed by atoms with van der Waals surface area (Å²) in [4.78, 5) is 13.1. The molecule has 27 heavy (non-hydrogen) atoms. The van der Waals surface area contributed by atoms with Crippen molar-refractivity contribution in [1.82, 2.24) is 5.01 Å². The van der Waals surface area contributed by atoms with Crippen molar-refractivity contribution in [1.29, 1.82) is 0 Å². The lowest BCUT2D eigenvalue weighted by atomic mass is 10.1. The van der Waals surface area contributed by atoms with Gasteiger partial charge in [0.1, 0.15) is 6.54 Å². The van der Waals surface area contributed by atoms with Crippen molar-refractivity contribution >= 4 is 12.2 Å². The van der Waals surface area contributed by atoms with Crippen LogP contribution in [0.3, 0.4) is 0 Å². The highest BCUT2D eigenvalue weighted by Crippen LogP contribution is 2.09. The molecule has 5 nitrogen and oxygen atoms in total. The molecule has 0 aliphatic carbocycles. The monoisotopic (exact) mass is 366 g/mol. The van der Waals surface area contributed by atoms with Gasteiger partial charge in [0.2, 0.25) is 0 Å². The fourth-order valence-corrected chi connectivity index (χ4v) is 3.39. The third kappa shape index (κ3) is 5.17. The third-order valence-corrected chi connectivity index (χ3v) is 5.09. The molecule has 0 spiro atoms. The number of carbonyl (C=O) groups is 1. The number of hydrogen-bond acceptors (Lipinski definition) is 4. The van der Waals surface area contributed by atoms with E-state index in [0.29, 0.717) is 5.56 Å². The summed E-state index contributed by atoms with van der Waals surface area (Å²) in [5, 5.41) is 6.72. The molecule has 0 saturated carbocycles. The first-order valence-electron chi connectivity index (χ1n) is 9.42. The van der Waals surface area contributed by atoms with Crippen LogP contribution in [0.4, 0.5) is 0 Å². The Morgan fingerprint density at radius 1 is 1.15 bits per heavy atom. The molecule has 0 radical (unpaired) electrons. The Hall–Kier alpha value is -2.66. The topological polar surface area (TPSA) is 46.3 Å². The number of nitrogens with one attached hydrogen (secondary N) is 1. The molecule has 1 fully saturated rings. The Morgan fingerprint density at radius 2 is 1.85 bits per heavy atom. The molecule has 0 atom stereocenters. The minimum Gasteiger partial charge on any atom is -0.465 e. The fourth-order valence-electron chi connectivity index (χ4n) is 3.39. The normalized spacial score (nSPS) is 15.3. The van der Waals surface area contributed by atoms with Gasteiger partial charge in [-0.1, -0.05) is 35.9 Å². The van der Waals surface area contributed by atoms with Gasteiger partial charge < -0.3 is 9.64 Å². The number of quaternary nitrogens is 1. The zero-order valence-electron chi connectivity index (χ0n) is 16.4. The van der Waals surface area contributed by atoms with E-state index >= 15 is 0 Å². The average Bonchev–Trinajstić information content (AvgIpc) is 2.69. The number of benzene rings is 2. The number of esters is 1. The highest BCUT2D eigenvalue weighted by atomic mass is 16.5. The standard InChI is InChI=1S/C22H27N3O2/c1-17-4-7-21(18(2)14-17)16-24-10-12-25(13-11-24)23-15-19-5-8-20(9-6-19)22(26)27-3/h4-9,14-15H,10-13,16H2,1-3H3/p+1. The average molecular weight is 366 g/mol. The lowest BCUT2D eigenvalue weighted by Gasteiger charge is -2.30. The van der Waals surface area contributed by atoms with E-state index in [0.717, 1.165) is 38.3 Å². The fraction of sp³-hybridized carbons (Fsp3) is 0.364. The Morgan fingerprint density at radius 3 is 2.48 bits per heavy atom. The molecule has 3 rings (SSSR count). The van der Waals surface area contributed by atoms with Crippen molar-refractivity contribution in [2.24, 2.45) is 5.10 Å². The van der Waals surface area contributed by atoms with Gasteiger partial charge in [0.15, 0.2) is 0 Å². The smallest absolute Gasteiger partial charge is 0.337 e. The van der Waals surface area contributed by atoms with Gasteiger partial charge in [0.05, 0.1) is 45.1 Å². The first-order valence-corrected chi connectivity index (χ1v) is 9.42. The van der Waals surface area contributed by atoms with E-state index in [1.54, 1.807) is 17.0 Å². The molecule has 1 heterocycles. The van der Waals surface area contributed by atoms with E-state index in [1.165, 1.54) is 23.8 Å². The number of aryl methyl sites for hydroxylation is 2. The first-order chi connectivity index (χ1) is 13.0. The Labute approximate surface area is 161 Å². The number of nitrogens with zero attached hydrogens (tertiary/aromatic N) is 2. The molecule has 2 aromatic rings. The summed E-state index contributed by atoms with van der Waals surface area (Å²) in [6.07, 6.45) is 1.86. The molecule has 0 aromatic heterocycles. The number of hydrogen-bond donors (Lipinski definition) is 1. The molecule has 2 aromatic carbocycles. The van der Waals surface area contributed by atoms with Crippen LogP contribution >= 0.6 is 0 Å². The summed E-state index contributed by atoms with van der Waals surface area (Å²) in [6.45, 7) is 9.52. The molecular weight excluding hydrogens is 338 g/mol. The first kappa shape index (κ1) is 19.1. The Bertz CT molecular complexity index is 807. The molecule has 0 amide bonds. The highest BCUT2D eigenvalue weighted by molar-refractivity contribution is 5.90. The highest BCUT2D eigenvalue weighted by Gasteiger charge is 2.19. The van der Waals surface area contributed by atoms with E-state index in [1.807, 2.05) is 18.3 Å². The number of carbonyl (C=O) groups excluding carboxylic acids is 1. The van der Waals surface area contributed by atoms with Crippen LogP contribution in [0.5, 0.6) is 0 Å². The van der Waals surface area contributed by atoms with Crippen LogP contribution in [0.2, 0.25) is 0 Å². The van der Waals surface area contributed by atoms with Gasteiger partial charge in [0.25, 0.3) is 0 Å². The summed E-state index contributed by atoms with van der Waals surface area (Å²) in [7, 11) is 1.39. The second kappa shape index (κ2) is 8.82. The van der Waals surface area contributed by atoms with Crippen LogP contribution in [0.1, 0.15) is 32.6 Å². The number of rotatable bonds is 5. The van der Waals surface area contributed by atoms with Crippen LogP contribution in [-0.2, 0) is 11.3 Å². The van der Waals surface area contributed by atoms with E-state index in [2.05, 4.69) is 42.2 Å². The molecule has 1 aliphatic heterocycles. The van der Waals surface area contributed by atoms with Gasteiger partial charge in [-0.25, -0.2) is 4.79 Å². The Kier molecular flexibility index (Phi) is 6.24. The van der Waals surface area contributed by atoms with Crippen molar-refractivity contribution in [2.75, 3.05) is 33.3 Å². The molecule has 5 heteroatoms. The maximum absolute atomic E-state index is 11.5. The van der Waals surface area contributed by atoms with E-state index in [4.69, 9.17) is 4.74 Å². The molecule has 0 unspecified atom stereocenters. The maximum Gasteiger partial charge on any atom is 0.337 e. The lowest BCUT2D eigenvalue weighted by Crippen LogP contribution is -3.13.